The van der Waals surface area contributed by atoms with Crippen LogP contribution < -0.4 is 0 Å². The van der Waals surface area contributed by atoms with E-state index in [4.69, 9.17) is 4.74 Å². The first kappa shape index (κ1) is 15.0. The fraction of sp³-hybridized carbons (Fsp3) is 1.00. The van der Waals surface area contributed by atoms with Gasteiger partial charge in [0, 0.05) is 19.2 Å². The number of likely N-dealkylation sites (N-methyl/N-ethyl adjacent to an activating group) is 1. The molecule has 0 atom stereocenters. The van der Waals surface area contributed by atoms with Crippen molar-refractivity contribution >= 4 is 0 Å². The molecular weight excluding hydrogens is 210 g/mol. The Morgan fingerprint density at radius 2 is 1.71 bits per heavy atom. The molecule has 0 saturated heterocycles. The molecule has 0 aromatic heterocycles. The molecule has 0 aromatic rings. The van der Waals surface area contributed by atoms with Crippen molar-refractivity contribution in [3.63, 3.8) is 0 Å². The molecule has 0 amide bonds. The minimum absolute atomic E-state index is 0.495. The molecule has 0 bridgehead atoms. The normalized spacial score (nSPS) is 26.5. The first-order chi connectivity index (χ1) is 7.95. The summed E-state index contributed by atoms with van der Waals surface area (Å²) in [7, 11) is 2.25. The quantitative estimate of drug-likeness (QED) is 0.682. The summed E-state index contributed by atoms with van der Waals surface area (Å²) in [6, 6.07) is 0.786. The molecule has 0 spiro atoms. The van der Waals surface area contributed by atoms with Gasteiger partial charge in [-0.25, -0.2) is 0 Å². The minimum Gasteiger partial charge on any atom is -0.380 e. The smallest absolute Gasteiger partial charge is 0.0593 e. The van der Waals surface area contributed by atoms with E-state index in [1.807, 2.05) is 0 Å². The van der Waals surface area contributed by atoms with Gasteiger partial charge >= 0.3 is 0 Å². The van der Waals surface area contributed by atoms with Crippen molar-refractivity contribution in [2.24, 2.45) is 11.3 Å². The third kappa shape index (κ3) is 4.97. The van der Waals surface area contributed by atoms with E-state index in [2.05, 4.69) is 39.6 Å². The molecule has 17 heavy (non-hydrogen) atoms. The maximum absolute atomic E-state index is 5.43. The van der Waals surface area contributed by atoms with E-state index in [1.54, 1.807) is 0 Å². The molecule has 1 aliphatic carbocycles. The molecular formula is C15H31NO. The summed E-state index contributed by atoms with van der Waals surface area (Å²) >= 11 is 0. The number of hydrogen-bond donors (Lipinski definition) is 0. The summed E-state index contributed by atoms with van der Waals surface area (Å²) in [5.74, 6) is 0.916. The summed E-state index contributed by atoms with van der Waals surface area (Å²) in [5, 5.41) is 0. The van der Waals surface area contributed by atoms with Crippen molar-refractivity contribution in [3.05, 3.63) is 0 Å². The number of ether oxygens (including phenoxy) is 1. The third-order valence-electron chi connectivity index (χ3n) is 4.34. The van der Waals surface area contributed by atoms with Crippen LogP contribution in [0.15, 0.2) is 0 Å². The van der Waals surface area contributed by atoms with Gasteiger partial charge in [-0.3, -0.25) is 0 Å². The highest BCUT2D eigenvalue weighted by atomic mass is 16.5. The Kier molecular flexibility index (Phi) is 5.94. The zero-order valence-corrected chi connectivity index (χ0v) is 12.5. The van der Waals surface area contributed by atoms with E-state index in [0.717, 1.165) is 31.7 Å². The Morgan fingerprint density at radius 3 is 2.18 bits per heavy atom. The molecule has 102 valence electrons. The van der Waals surface area contributed by atoms with E-state index >= 15 is 0 Å². The molecule has 0 aliphatic heterocycles. The average Bonchev–Trinajstić information content (AvgIpc) is 2.28. The monoisotopic (exact) mass is 241 g/mol. The van der Waals surface area contributed by atoms with E-state index < -0.39 is 0 Å². The highest BCUT2D eigenvalue weighted by molar-refractivity contribution is 4.83. The molecule has 2 heteroatoms. The molecule has 1 rings (SSSR count). The predicted molar refractivity (Wildman–Crippen MR) is 74.3 cm³/mol. The van der Waals surface area contributed by atoms with Crippen LogP contribution in [0.5, 0.6) is 0 Å². The molecule has 1 fully saturated rings. The molecule has 1 aliphatic rings. The van der Waals surface area contributed by atoms with E-state index in [0.29, 0.717) is 5.41 Å². The third-order valence-corrected chi connectivity index (χ3v) is 4.34. The number of hydrogen-bond acceptors (Lipinski definition) is 2. The van der Waals surface area contributed by atoms with E-state index in [1.165, 1.54) is 25.7 Å². The van der Waals surface area contributed by atoms with Crippen LogP contribution in [0.1, 0.15) is 53.4 Å². The van der Waals surface area contributed by atoms with Crippen LogP contribution in [-0.2, 0) is 4.74 Å². The van der Waals surface area contributed by atoms with Crippen molar-refractivity contribution in [2.75, 3.05) is 26.8 Å². The van der Waals surface area contributed by atoms with Gasteiger partial charge < -0.3 is 9.64 Å². The Labute approximate surface area is 108 Å². The summed E-state index contributed by atoms with van der Waals surface area (Å²) < 4.78 is 5.43. The van der Waals surface area contributed by atoms with Gasteiger partial charge in [-0.2, -0.15) is 0 Å². The molecule has 2 nitrogen and oxygen atoms in total. The van der Waals surface area contributed by atoms with E-state index in [9.17, 15) is 0 Å². The molecule has 0 N–H and O–H groups in total. The van der Waals surface area contributed by atoms with Crippen molar-refractivity contribution in [1.29, 1.82) is 0 Å². The molecule has 0 unspecified atom stereocenters. The number of rotatable bonds is 5. The Morgan fingerprint density at radius 1 is 1.12 bits per heavy atom. The maximum atomic E-state index is 5.43. The van der Waals surface area contributed by atoms with Crippen LogP contribution in [0.4, 0.5) is 0 Å². The zero-order valence-electron chi connectivity index (χ0n) is 12.5. The van der Waals surface area contributed by atoms with Gasteiger partial charge in [0.25, 0.3) is 0 Å². The van der Waals surface area contributed by atoms with Crippen molar-refractivity contribution in [2.45, 2.75) is 59.4 Å². The second-order valence-electron chi connectivity index (χ2n) is 6.55. The van der Waals surface area contributed by atoms with Gasteiger partial charge in [-0.15, -0.1) is 0 Å². The van der Waals surface area contributed by atoms with Crippen LogP contribution in [0.25, 0.3) is 0 Å². The van der Waals surface area contributed by atoms with Gasteiger partial charge in [-0.05, 0) is 51.0 Å². The molecule has 1 saturated carbocycles. The van der Waals surface area contributed by atoms with Gasteiger partial charge in [0.2, 0.25) is 0 Å². The zero-order chi connectivity index (χ0) is 12.9. The molecule has 0 heterocycles. The summed E-state index contributed by atoms with van der Waals surface area (Å²) in [6.45, 7) is 12.0. The summed E-state index contributed by atoms with van der Waals surface area (Å²) in [4.78, 5) is 2.49. The lowest BCUT2D eigenvalue weighted by atomic mass is 9.71. The SMILES string of the molecule is CCOCCN(C)C1CCC(C(C)(C)C)CC1. The Balaban J connectivity index is 2.26. The predicted octanol–water partition coefficient (Wildman–Crippen LogP) is 3.56. The molecule has 0 aromatic carbocycles. The first-order valence-corrected chi connectivity index (χ1v) is 7.23. The lowest BCUT2D eigenvalue weighted by Crippen LogP contribution is -2.39. The topological polar surface area (TPSA) is 12.5 Å². The van der Waals surface area contributed by atoms with Gasteiger partial charge in [0.05, 0.1) is 6.61 Å². The molecule has 0 radical (unpaired) electrons. The van der Waals surface area contributed by atoms with Gasteiger partial charge in [-0.1, -0.05) is 20.8 Å². The fourth-order valence-corrected chi connectivity index (χ4v) is 2.92. The van der Waals surface area contributed by atoms with Crippen LogP contribution in [0.2, 0.25) is 0 Å². The second-order valence-corrected chi connectivity index (χ2v) is 6.55. The summed E-state index contributed by atoms with van der Waals surface area (Å²) in [5.41, 5.74) is 0.495. The highest BCUT2D eigenvalue weighted by Crippen LogP contribution is 2.38. The standard InChI is InChI=1S/C15H31NO/c1-6-17-12-11-16(5)14-9-7-13(8-10-14)15(2,3)4/h13-14H,6-12H2,1-5H3. The Hall–Kier alpha value is -0.0800. The van der Waals surface area contributed by atoms with Gasteiger partial charge in [0.15, 0.2) is 0 Å². The van der Waals surface area contributed by atoms with Gasteiger partial charge in [0.1, 0.15) is 0 Å². The van der Waals surface area contributed by atoms with E-state index in [-0.39, 0.29) is 0 Å². The van der Waals surface area contributed by atoms with Crippen LogP contribution >= 0.6 is 0 Å². The van der Waals surface area contributed by atoms with Crippen molar-refractivity contribution in [1.82, 2.24) is 4.90 Å². The maximum Gasteiger partial charge on any atom is 0.0593 e. The van der Waals surface area contributed by atoms with Crippen LogP contribution in [-0.4, -0.2) is 37.7 Å². The van der Waals surface area contributed by atoms with Crippen LogP contribution in [0, 0.1) is 11.3 Å². The fourth-order valence-electron chi connectivity index (χ4n) is 2.92. The highest BCUT2D eigenvalue weighted by Gasteiger charge is 2.30. The van der Waals surface area contributed by atoms with Crippen LogP contribution in [0.3, 0.4) is 0 Å². The Bertz CT molecular complexity index is 201. The average molecular weight is 241 g/mol. The second kappa shape index (κ2) is 6.75. The first-order valence-electron chi connectivity index (χ1n) is 7.23. The van der Waals surface area contributed by atoms with Crippen molar-refractivity contribution < 1.29 is 4.74 Å². The largest absolute Gasteiger partial charge is 0.380 e. The lowest BCUT2D eigenvalue weighted by molar-refractivity contribution is 0.0761. The number of nitrogens with zero attached hydrogens (tertiary/aromatic N) is 1. The lowest BCUT2D eigenvalue weighted by Gasteiger charge is -2.40. The summed E-state index contributed by atoms with van der Waals surface area (Å²) in [6.07, 6.45) is 5.52. The minimum atomic E-state index is 0.495. The van der Waals surface area contributed by atoms with Crippen molar-refractivity contribution in [3.8, 4) is 0 Å².